The van der Waals surface area contributed by atoms with Crippen molar-refractivity contribution in [2.75, 3.05) is 32.1 Å². The fourth-order valence-electron chi connectivity index (χ4n) is 3.37. The van der Waals surface area contributed by atoms with Gasteiger partial charge in [-0.3, -0.25) is 9.59 Å². The molecule has 1 aliphatic rings. The van der Waals surface area contributed by atoms with E-state index < -0.39 is 15.9 Å². The van der Waals surface area contributed by atoms with Crippen LogP contribution in [0.25, 0.3) is 0 Å². The first-order valence-electron chi connectivity index (χ1n) is 10.1. The molecule has 0 atom stereocenters. The fourth-order valence-corrected chi connectivity index (χ4v) is 5.39. The summed E-state index contributed by atoms with van der Waals surface area (Å²) >= 11 is 6.16. The van der Waals surface area contributed by atoms with E-state index in [2.05, 4.69) is 5.32 Å². The SMILES string of the molecule is COc1cc(C(C)=O)ccc1OCC(=O)Nc1ccc(Cl)c(S(=O)(=O)N2CCCCC2)c1. The molecule has 0 aliphatic carbocycles. The van der Waals surface area contributed by atoms with E-state index >= 15 is 0 Å². The van der Waals surface area contributed by atoms with Crippen LogP contribution in [0.15, 0.2) is 41.3 Å². The van der Waals surface area contributed by atoms with Crippen LogP contribution in [0.2, 0.25) is 5.02 Å². The van der Waals surface area contributed by atoms with Gasteiger partial charge in [0.1, 0.15) is 4.90 Å². The third kappa shape index (κ3) is 5.59. The summed E-state index contributed by atoms with van der Waals surface area (Å²) in [5.74, 6) is 0.0148. The molecular weight excluding hydrogens is 456 g/mol. The number of carbonyl (C=O) groups excluding carboxylic acids is 2. The second kappa shape index (κ2) is 10.3. The Balaban J connectivity index is 1.69. The van der Waals surface area contributed by atoms with Crippen LogP contribution in [-0.4, -0.2) is 51.2 Å². The normalized spacial score (nSPS) is 14.6. The van der Waals surface area contributed by atoms with Gasteiger partial charge in [-0.2, -0.15) is 4.31 Å². The van der Waals surface area contributed by atoms with Crippen LogP contribution in [0, 0.1) is 0 Å². The third-order valence-corrected chi connectivity index (χ3v) is 7.46. The predicted octanol–water partition coefficient (Wildman–Crippen LogP) is 3.74. The van der Waals surface area contributed by atoms with Gasteiger partial charge in [0.05, 0.1) is 12.1 Å². The summed E-state index contributed by atoms with van der Waals surface area (Å²) in [6, 6.07) is 8.98. The lowest BCUT2D eigenvalue weighted by molar-refractivity contribution is -0.118. The van der Waals surface area contributed by atoms with Crippen molar-refractivity contribution < 1.29 is 27.5 Å². The molecule has 0 spiro atoms. The highest BCUT2D eigenvalue weighted by Gasteiger charge is 2.28. The quantitative estimate of drug-likeness (QED) is 0.577. The number of Topliss-reactive ketones (excluding diaryl/α,β-unsaturated/α-hetero) is 1. The Morgan fingerprint density at radius 3 is 2.44 bits per heavy atom. The van der Waals surface area contributed by atoms with Crippen molar-refractivity contribution in [1.29, 1.82) is 0 Å². The summed E-state index contributed by atoms with van der Waals surface area (Å²) in [6.07, 6.45) is 2.61. The zero-order valence-corrected chi connectivity index (χ0v) is 19.5. The topological polar surface area (TPSA) is 102 Å². The number of nitrogens with one attached hydrogen (secondary N) is 1. The van der Waals surface area contributed by atoms with E-state index in [-0.39, 0.29) is 28.0 Å². The van der Waals surface area contributed by atoms with Gasteiger partial charge in [-0.05, 0) is 56.2 Å². The maximum absolute atomic E-state index is 13.0. The first kappa shape index (κ1) is 24.0. The van der Waals surface area contributed by atoms with Crippen LogP contribution in [0.4, 0.5) is 5.69 Å². The molecule has 1 fully saturated rings. The van der Waals surface area contributed by atoms with Crippen LogP contribution >= 0.6 is 11.6 Å². The number of hydrogen-bond acceptors (Lipinski definition) is 6. The summed E-state index contributed by atoms with van der Waals surface area (Å²) < 4.78 is 38.1. The Morgan fingerprint density at radius 2 is 1.78 bits per heavy atom. The number of benzene rings is 2. The number of hydrogen-bond donors (Lipinski definition) is 1. The van der Waals surface area contributed by atoms with Crippen LogP contribution in [0.3, 0.4) is 0 Å². The molecule has 0 saturated carbocycles. The number of methoxy groups -OCH3 is 1. The zero-order valence-electron chi connectivity index (χ0n) is 17.9. The lowest BCUT2D eigenvalue weighted by Crippen LogP contribution is -2.35. The molecule has 1 N–H and O–H groups in total. The Labute approximate surface area is 192 Å². The minimum Gasteiger partial charge on any atom is -0.493 e. The highest BCUT2D eigenvalue weighted by molar-refractivity contribution is 7.89. The van der Waals surface area contributed by atoms with Crippen molar-refractivity contribution >= 4 is 39.0 Å². The Morgan fingerprint density at radius 1 is 1.06 bits per heavy atom. The highest BCUT2D eigenvalue weighted by Crippen LogP contribution is 2.30. The number of piperidine rings is 1. The van der Waals surface area contributed by atoms with E-state index in [0.717, 1.165) is 19.3 Å². The maximum atomic E-state index is 13.0. The number of sulfonamides is 1. The number of ether oxygens (including phenoxy) is 2. The van der Waals surface area contributed by atoms with Gasteiger partial charge >= 0.3 is 0 Å². The van der Waals surface area contributed by atoms with E-state index in [1.165, 1.54) is 42.6 Å². The van der Waals surface area contributed by atoms with E-state index in [1.807, 2.05) is 0 Å². The maximum Gasteiger partial charge on any atom is 0.262 e. The molecule has 3 rings (SSSR count). The Kier molecular flexibility index (Phi) is 7.76. The van der Waals surface area contributed by atoms with Crippen LogP contribution in [0.5, 0.6) is 11.5 Å². The number of rotatable bonds is 8. The van der Waals surface area contributed by atoms with E-state index in [4.69, 9.17) is 21.1 Å². The molecule has 0 radical (unpaired) electrons. The number of nitrogens with zero attached hydrogens (tertiary/aromatic N) is 1. The average molecular weight is 481 g/mol. The summed E-state index contributed by atoms with van der Waals surface area (Å²) in [5.41, 5.74) is 0.750. The van der Waals surface area contributed by atoms with Crippen LogP contribution < -0.4 is 14.8 Å². The number of carbonyl (C=O) groups is 2. The molecule has 0 unspecified atom stereocenters. The van der Waals surface area contributed by atoms with Gasteiger partial charge in [0.2, 0.25) is 10.0 Å². The molecule has 1 saturated heterocycles. The monoisotopic (exact) mass is 480 g/mol. The summed E-state index contributed by atoms with van der Waals surface area (Å²) in [6.45, 7) is 2.00. The lowest BCUT2D eigenvalue weighted by atomic mass is 10.1. The van der Waals surface area contributed by atoms with Gasteiger partial charge in [-0.15, -0.1) is 0 Å². The van der Waals surface area contributed by atoms with Crippen LogP contribution in [0.1, 0.15) is 36.5 Å². The smallest absolute Gasteiger partial charge is 0.262 e. The minimum atomic E-state index is -3.75. The van der Waals surface area contributed by atoms with Gasteiger partial charge in [0.15, 0.2) is 23.9 Å². The number of ketones is 1. The van der Waals surface area contributed by atoms with Crippen molar-refractivity contribution in [2.24, 2.45) is 0 Å². The van der Waals surface area contributed by atoms with Crippen molar-refractivity contribution in [1.82, 2.24) is 4.31 Å². The molecule has 32 heavy (non-hydrogen) atoms. The first-order valence-corrected chi connectivity index (χ1v) is 12.0. The fraction of sp³-hybridized carbons (Fsp3) is 0.364. The van der Waals surface area contributed by atoms with E-state index in [0.29, 0.717) is 30.2 Å². The first-order chi connectivity index (χ1) is 15.2. The van der Waals surface area contributed by atoms with Crippen molar-refractivity contribution in [3.05, 3.63) is 47.0 Å². The number of amides is 1. The lowest BCUT2D eigenvalue weighted by Gasteiger charge is -2.26. The number of anilines is 1. The zero-order chi connectivity index (χ0) is 23.3. The van der Waals surface area contributed by atoms with Gasteiger partial charge in [0.25, 0.3) is 5.91 Å². The van der Waals surface area contributed by atoms with Crippen molar-refractivity contribution in [2.45, 2.75) is 31.1 Å². The molecule has 2 aromatic rings. The molecule has 1 heterocycles. The van der Waals surface area contributed by atoms with Gasteiger partial charge < -0.3 is 14.8 Å². The Bertz CT molecular complexity index is 1110. The van der Waals surface area contributed by atoms with E-state index in [1.54, 1.807) is 12.1 Å². The Hall–Kier alpha value is -2.62. The molecule has 10 heteroatoms. The van der Waals surface area contributed by atoms with E-state index in [9.17, 15) is 18.0 Å². The highest BCUT2D eigenvalue weighted by atomic mass is 35.5. The number of halogens is 1. The van der Waals surface area contributed by atoms with Gasteiger partial charge in [-0.1, -0.05) is 18.0 Å². The molecule has 1 aliphatic heterocycles. The van der Waals surface area contributed by atoms with Gasteiger partial charge in [0, 0.05) is 24.3 Å². The van der Waals surface area contributed by atoms with Crippen molar-refractivity contribution in [3.63, 3.8) is 0 Å². The molecule has 172 valence electrons. The molecule has 2 aromatic carbocycles. The minimum absolute atomic E-state index is 0.0405. The van der Waals surface area contributed by atoms with Gasteiger partial charge in [-0.25, -0.2) is 8.42 Å². The molecule has 8 nitrogen and oxygen atoms in total. The molecular formula is C22H25ClN2O6S. The van der Waals surface area contributed by atoms with Crippen LogP contribution in [-0.2, 0) is 14.8 Å². The van der Waals surface area contributed by atoms with Crippen molar-refractivity contribution in [3.8, 4) is 11.5 Å². The molecule has 1 amide bonds. The summed E-state index contributed by atoms with van der Waals surface area (Å²) in [4.78, 5) is 23.8. The molecule has 0 aromatic heterocycles. The largest absolute Gasteiger partial charge is 0.493 e. The second-order valence-electron chi connectivity index (χ2n) is 7.37. The summed E-state index contributed by atoms with van der Waals surface area (Å²) in [7, 11) is -2.32. The standard InChI is InChI=1S/C22H25ClN2O6S/c1-15(26)16-6-9-19(20(12-16)30-2)31-14-22(27)24-17-7-8-18(23)21(13-17)32(28,29)25-10-4-3-5-11-25/h6-9,12-13H,3-5,10-11,14H2,1-2H3,(H,24,27). The summed E-state index contributed by atoms with van der Waals surface area (Å²) in [5, 5.41) is 2.72. The molecule has 0 bridgehead atoms. The predicted molar refractivity (Wildman–Crippen MR) is 121 cm³/mol. The third-order valence-electron chi connectivity index (χ3n) is 5.08. The second-order valence-corrected chi connectivity index (χ2v) is 9.68. The average Bonchev–Trinajstić information content (AvgIpc) is 2.79.